The van der Waals surface area contributed by atoms with Gasteiger partial charge in [-0.15, -0.1) is 0 Å². The van der Waals surface area contributed by atoms with E-state index in [4.69, 9.17) is 14.2 Å². The average Bonchev–Trinajstić information content (AvgIpc) is 3.50. The first-order valence-corrected chi connectivity index (χ1v) is 11.2. The Morgan fingerprint density at radius 1 is 1.25 bits per heavy atom. The van der Waals surface area contributed by atoms with Gasteiger partial charge in [0.1, 0.15) is 23.4 Å². The van der Waals surface area contributed by atoms with Gasteiger partial charge in [0.25, 0.3) is 0 Å². The lowest BCUT2D eigenvalue weighted by atomic mass is 9.43. The molecule has 156 valence electrons. The smallest absolute Gasteiger partial charge is 0.312 e. The lowest BCUT2D eigenvalue weighted by Gasteiger charge is -2.59. The van der Waals surface area contributed by atoms with Gasteiger partial charge in [-0.25, -0.2) is 0 Å². The maximum Gasteiger partial charge on any atom is 0.312 e. The fourth-order valence-corrected chi connectivity index (χ4v) is 9.12. The van der Waals surface area contributed by atoms with Crippen LogP contribution >= 0.6 is 15.9 Å². The quantitative estimate of drug-likeness (QED) is 0.295. The summed E-state index contributed by atoms with van der Waals surface area (Å²) in [4.78, 5) is 11.8. The molecule has 3 N–H and O–H groups in total. The van der Waals surface area contributed by atoms with Gasteiger partial charge in [-0.2, -0.15) is 0 Å². The number of alkyl halides is 1. The Hall–Kier alpha value is -0.250. The van der Waals surface area contributed by atoms with E-state index >= 15 is 0 Å². The second kappa shape index (κ2) is 4.97. The van der Waals surface area contributed by atoms with Crippen LogP contribution in [-0.2, 0) is 19.0 Å². The summed E-state index contributed by atoms with van der Waals surface area (Å²) < 4.78 is 18.0. The molecule has 6 aliphatic rings. The summed E-state index contributed by atoms with van der Waals surface area (Å²) >= 11 is 3.65. The van der Waals surface area contributed by atoms with Gasteiger partial charge in [0.05, 0.1) is 29.6 Å². The van der Waals surface area contributed by atoms with E-state index in [9.17, 15) is 20.1 Å². The minimum Gasteiger partial charge on any atom is -0.465 e. The van der Waals surface area contributed by atoms with Crippen LogP contribution in [0.1, 0.15) is 33.6 Å². The van der Waals surface area contributed by atoms with Gasteiger partial charge in [-0.3, -0.25) is 4.79 Å². The standard InChI is InChI=1S/C20H27BrO7/c1-7(2)18(25)13(21)14-20(28-14)17(3)5-10(22)12-8(6-26-15(12)23)9(17)4-11-19(20,27-11)16(18)24/h7-14,16,22,24-25H,4-6H2,1-3H3/t8?,9-,10-,11-,12?,13+,14-,16+,17-,18-,19+,20+/m0/s1. The SMILES string of the molecule is CC(C)[C@]1(O)[C@H](Br)[C@@H]2O[C@]23[C@]2(O[C@H]2C[C@H]2C4COC(=O)C4[C@@H](O)C[C@@]23C)[C@@H]1O. The summed E-state index contributed by atoms with van der Waals surface area (Å²) in [5, 5.41) is 33.8. The van der Waals surface area contributed by atoms with Crippen molar-refractivity contribution in [2.75, 3.05) is 6.61 Å². The van der Waals surface area contributed by atoms with Crippen LogP contribution in [0.25, 0.3) is 0 Å². The highest BCUT2D eigenvalue weighted by molar-refractivity contribution is 9.09. The van der Waals surface area contributed by atoms with Crippen molar-refractivity contribution >= 4 is 21.9 Å². The summed E-state index contributed by atoms with van der Waals surface area (Å²) in [6.07, 6.45) is -1.36. The van der Waals surface area contributed by atoms with E-state index in [1.54, 1.807) is 0 Å². The molecule has 2 unspecified atom stereocenters. The number of fused-ring (bicyclic) bond motifs is 3. The number of esters is 1. The molecule has 8 heteroatoms. The molecule has 0 aromatic heterocycles. The second-order valence-electron chi connectivity index (χ2n) is 10.4. The molecule has 2 spiro atoms. The summed E-state index contributed by atoms with van der Waals surface area (Å²) in [6, 6.07) is 0. The summed E-state index contributed by atoms with van der Waals surface area (Å²) in [5.74, 6) is -0.968. The molecule has 6 rings (SSSR count). The van der Waals surface area contributed by atoms with E-state index in [1.807, 2.05) is 13.8 Å². The molecule has 3 aliphatic heterocycles. The molecule has 0 aromatic carbocycles. The number of hydrogen-bond acceptors (Lipinski definition) is 7. The van der Waals surface area contributed by atoms with E-state index in [-0.39, 0.29) is 35.9 Å². The average molecular weight is 459 g/mol. The van der Waals surface area contributed by atoms with E-state index in [0.717, 1.165) is 0 Å². The van der Waals surface area contributed by atoms with E-state index in [1.165, 1.54) is 0 Å². The number of carbonyl (C=O) groups excluding carboxylic acids is 1. The molecule has 12 atom stereocenters. The third-order valence-corrected chi connectivity index (χ3v) is 10.5. The number of cyclic esters (lactones) is 1. The minimum absolute atomic E-state index is 0.0699. The third-order valence-electron chi connectivity index (χ3n) is 9.32. The van der Waals surface area contributed by atoms with E-state index < -0.39 is 45.2 Å². The van der Waals surface area contributed by atoms with Crippen LogP contribution in [0, 0.1) is 29.1 Å². The lowest BCUT2D eigenvalue weighted by Crippen LogP contribution is -2.76. The number of aliphatic hydroxyl groups is 3. The van der Waals surface area contributed by atoms with Gasteiger partial charge in [0.2, 0.25) is 0 Å². The van der Waals surface area contributed by atoms with Crippen molar-refractivity contribution in [2.45, 2.75) is 79.7 Å². The normalized spacial score (nSPS) is 66.2. The highest BCUT2D eigenvalue weighted by Crippen LogP contribution is 2.80. The zero-order valence-corrected chi connectivity index (χ0v) is 17.8. The molecule has 0 amide bonds. The van der Waals surface area contributed by atoms with Crippen LogP contribution in [0.5, 0.6) is 0 Å². The predicted octanol–water partition coefficient (Wildman–Crippen LogP) is 0.367. The maximum absolute atomic E-state index is 12.2. The van der Waals surface area contributed by atoms with Crippen molar-refractivity contribution in [3.63, 3.8) is 0 Å². The predicted molar refractivity (Wildman–Crippen MR) is 98.5 cm³/mol. The highest BCUT2D eigenvalue weighted by atomic mass is 79.9. The van der Waals surface area contributed by atoms with Crippen molar-refractivity contribution in [3.05, 3.63) is 0 Å². The molecule has 3 saturated carbocycles. The molecule has 0 radical (unpaired) electrons. The Bertz CT molecular complexity index is 776. The largest absolute Gasteiger partial charge is 0.465 e. The molecule has 0 bridgehead atoms. The molecule has 3 aliphatic carbocycles. The molecular weight excluding hydrogens is 432 g/mol. The first-order chi connectivity index (χ1) is 13.1. The molecule has 3 saturated heterocycles. The van der Waals surface area contributed by atoms with Crippen molar-refractivity contribution in [1.29, 1.82) is 0 Å². The Balaban J connectivity index is 1.48. The molecule has 0 aromatic rings. The maximum atomic E-state index is 12.2. The van der Waals surface area contributed by atoms with Gasteiger partial charge in [-0.05, 0) is 24.7 Å². The fourth-order valence-electron chi connectivity index (χ4n) is 7.86. The monoisotopic (exact) mass is 458 g/mol. The van der Waals surface area contributed by atoms with Gasteiger partial charge >= 0.3 is 5.97 Å². The second-order valence-corrected chi connectivity index (χ2v) is 11.4. The van der Waals surface area contributed by atoms with E-state index in [2.05, 4.69) is 22.9 Å². The van der Waals surface area contributed by atoms with Crippen LogP contribution in [0.15, 0.2) is 0 Å². The summed E-state index contributed by atoms with van der Waals surface area (Å²) in [5.41, 5.74) is -3.59. The number of carbonyl (C=O) groups is 1. The molecular formula is C20H27BrO7. The third kappa shape index (κ3) is 1.59. The zero-order chi connectivity index (χ0) is 20.0. The first-order valence-electron chi connectivity index (χ1n) is 10.3. The van der Waals surface area contributed by atoms with Crippen molar-refractivity contribution in [1.82, 2.24) is 0 Å². The van der Waals surface area contributed by atoms with Crippen LogP contribution in [-0.4, -0.2) is 73.9 Å². The summed E-state index contributed by atoms with van der Waals surface area (Å²) in [7, 11) is 0. The van der Waals surface area contributed by atoms with Crippen LogP contribution in [0.2, 0.25) is 0 Å². The van der Waals surface area contributed by atoms with Gasteiger partial charge in [-0.1, -0.05) is 36.7 Å². The molecule has 28 heavy (non-hydrogen) atoms. The number of hydrogen-bond donors (Lipinski definition) is 3. The van der Waals surface area contributed by atoms with Crippen LogP contribution in [0.4, 0.5) is 0 Å². The molecule has 3 heterocycles. The Morgan fingerprint density at radius 3 is 2.64 bits per heavy atom. The van der Waals surface area contributed by atoms with Crippen molar-refractivity contribution in [2.24, 2.45) is 29.1 Å². The fraction of sp³-hybridized carbons (Fsp3) is 0.950. The van der Waals surface area contributed by atoms with Crippen LogP contribution < -0.4 is 0 Å². The Labute approximate surface area is 171 Å². The van der Waals surface area contributed by atoms with E-state index in [0.29, 0.717) is 19.4 Å². The number of rotatable bonds is 1. The Morgan fingerprint density at radius 2 is 1.96 bits per heavy atom. The zero-order valence-electron chi connectivity index (χ0n) is 16.2. The number of epoxide rings is 2. The van der Waals surface area contributed by atoms with Gasteiger partial charge in [0.15, 0.2) is 5.60 Å². The van der Waals surface area contributed by atoms with Crippen molar-refractivity contribution in [3.8, 4) is 0 Å². The number of aliphatic hydroxyl groups excluding tert-OH is 2. The Kier molecular flexibility index (Phi) is 3.28. The summed E-state index contributed by atoms with van der Waals surface area (Å²) in [6.45, 7) is 6.21. The number of halogens is 1. The topological polar surface area (TPSA) is 112 Å². The lowest BCUT2D eigenvalue weighted by molar-refractivity contribution is -0.193. The first kappa shape index (κ1) is 18.5. The molecule has 6 fully saturated rings. The highest BCUT2D eigenvalue weighted by Gasteiger charge is 2.96. The minimum atomic E-state index is -1.37. The van der Waals surface area contributed by atoms with Crippen LogP contribution in [0.3, 0.4) is 0 Å². The van der Waals surface area contributed by atoms with Gasteiger partial charge in [0, 0.05) is 11.3 Å². The van der Waals surface area contributed by atoms with Crippen molar-refractivity contribution < 1.29 is 34.3 Å². The number of ether oxygens (including phenoxy) is 3. The van der Waals surface area contributed by atoms with Gasteiger partial charge < -0.3 is 29.5 Å². The molecule has 7 nitrogen and oxygen atoms in total.